The average Bonchev–Trinajstić information content (AvgIpc) is 2.96. The van der Waals surface area contributed by atoms with Gasteiger partial charge in [0.2, 0.25) is 5.82 Å². The molecule has 0 amide bonds. The van der Waals surface area contributed by atoms with Crippen LogP contribution in [0.1, 0.15) is 0 Å². The predicted molar refractivity (Wildman–Crippen MR) is 170 cm³/mol. The quantitative estimate of drug-likeness (QED) is 0.163. The molecule has 0 aliphatic carbocycles. The van der Waals surface area contributed by atoms with E-state index in [0.29, 0.717) is 22.3 Å². The zero-order valence-corrected chi connectivity index (χ0v) is 23.4. The van der Waals surface area contributed by atoms with Crippen LogP contribution in [0, 0.1) is 0 Å². The van der Waals surface area contributed by atoms with Crippen molar-refractivity contribution in [2.24, 2.45) is 0 Å². The summed E-state index contributed by atoms with van der Waals surface area (Å²) >= 11 is 0. The normalized spacial score (nSPS) is 11.4. The van der Waals surface area contributed by atoms with Gasteiger partial charge in [0.15, 0.2) is 0 Å². The van der Waals surface area contributed by atoms with Gasteiger partial charge in [0.05, 0.1) is 14.7 Å². The second kappa shape index (κ2) is 15.6. The fourth-order valence-electron chi connectivity index (χ4n) is 3.95. The summed E-state index contributed by atoms with van der Waals surface area (Å²) in [5.41, 5.74) is 2.67. The third-order valence-electron chi connectivity index (χ3n) is 6.01. The molecular formula is C26H21N4Na3O9S3. The van der Waals surface area contributed by atoms with Crippen LogP contribution in [0.25, 0.3) is 45.2 Å². The first-order chi connectivity index (χ1) is 19.7. The molecule has 0 aliphatic rings. The van der Waals surface area contributed by atoms with Crippen LogP contribution in [0.2, 0.25) is 0 Å². The Balaban J connectivity index is 0.00000235. The Labute approximate surface area is 325 Å². The van der Waals surface area contributed by atoms with Crippen molar-refractivity contribution in [2.75, 3.05) is 0 Å². The zero-order valence-electron chi connectivity index (χ0n) is 21.0. The van der Waals surface area contributed by atoms with E-state index in [1.165, 1.54) is 79.0 Å². The van der Waals surface area contributed by atoms with Crippen molar-refractivity contribution in [3.8, 4) is 45.2 Å². The van der Waals surface area contributed by atoms with Crippen molar-refractivity contribution < 1.29 is 38.9 Å². The van der Waals surface area contributed by atoms with E-state index in [1.54, 1.807) is 12.1 Å². The van der Waals surface area contributed by atoms with Gasteiger partial charge in [-0.1, -0.05) is 36.4 Å². The van der Waals surface area contributed by atoms with E-state index in [9.17, 15) is 38.9 Å². The van der Waals surface area contributed by atoms with Crippen molar-refractivity contribution >= 4 is 119 Å². The molecule has 0 spiro atoms. The molecule has 3 aromatic carbocycles. The molecule has 13 nitrogen and oxygen atoms in total. The van der Waals surface area contributed by atoms with Crippen LogP contribution in [0.15, 0.2) is 106 Å². The molecule has 220 valence electrons. The standard InChI is InChI=1S/C26H18N4O9S3.3Na.3H/c31-40(32,33)20-7-1-16(2-8-20)19-13-14-27-23(15-19)26-28-24(17-3-9-21(10-4-17)41(34,35)36)25(29-30-26)18-5-11-22(12-6-18)42(37,38)39;;;;;;/h1-15H,(H,31,32,33)(H,34,35,36)(H,37,38,39);;;;;;. The van der Waals surface area contributed by atoms with E-state index in [0.717, 1.165) is 0 Å². The van der Waals surface area contributed by atoms with Crippen LogP contribution in [0.3, 0.4) is 0 Å². The number of rotatable bonds is 7. The molecule has 3 N–H and O–H groups in total. The Kier molecular flexibility index (Phi) is 13.8. The molecule has 2 heterocycles. The topological polar surface area (TPSA) is 215 Å². The molecule has 0 saturated carbocycles. The first kappa shape index (κ1) is 39.7. The first-order valence-electron chi connectivity index (χ1n) is 11.6. The van der Waals surface area contributed by atoms with E-state index >= 15 is 0 Å². The first-order valence-corrected chi connectivity index (χ1v) is 16.0. The molecule has 5 aromatic rings. The van der Waals surface area contributed by atoms with Gasteiger partial charge >= 0.3 is 88.7 Å². The summed E-state index contributed by atoms with van der Waals surface area (Å²) in [5, 5.41) is 8.46. The van der Waals surface area contributed by atoms with E-state index in [-0.39, 0.29) is 126 Å². The van der Waals surface area contributed by atoms with Gasteiger partial charge in [-0.2, -0.15) is 25.3 Å². The van der Waals surface area contributed by atoms with Crippen LogP contribution in [-0.4, -0.2) is 148 Å². The van der Waals surface area contributed by atoms with Crippen molar-refractivity contribution in [3.05, 3.63) is 91.1 Å². The third-order valence-corrected chi connectivity index (χ3v) is 8.62. The van der Waals surface area contributed by atoms with Crippen LogP contribution in [0.5, 0.6) is 0 Å². The summed E-state index contributed by atoms with van der Waals surface area (Å²) in [7, 11) is -13.3. The summed E-state index contributed by atoms with van der Waals surface area (Å²) in [6.07, 6.45) is 1.48. The van der Waals surface area contributed by atoms with Gasteiger partial charge in [-0.25, -0.2) is 4.98 Å². The minimum absolute atomic E-state index is 0. The molecule has 0 atom stereocenters. The van der Waals surface area contributed by atoms with Crippen LogP contribution in [0.4, 0.5) is 0 Å². The molecule has 0 fully saturated rings. The number of hydrogen-bond acceptors (Lipinski definition) is 10. The molecular weight excluding hydrogens is 677 g/mol. The van der Waals surface area contributed by atoms with Gasteiger partial charge in [0, 0.05) is 17.3 Å². The maximum atomic E-state index is 11.5. The van der Waals surface area contributed by atoms with Crippen molar-refractivity contribution in [2.45, 2.75) is 14.7 Å². The SMILES string of the molecule is O=S(=O)(O)c1ccc(-c2ccnc(-c3nnc(-c4ccc(S(=O)(=O)O)cc4)c(-c4ccc(S(=O)(=O)O)cc4)n3)c2)cc1.[NaH].[NaH].[NaH]. The second-order valence-corrected chi connectivity index (χ2v) is 13.0. The number of pyridine rings is 1. The van der Waals surface area contributed by atoms with Gasteiger partial charge in [0.1, 0.15) is 17.1 Å². The van der Waals surface area contributed by atoms with Gasteiger partial charge in [-0.05, 0) is 59.7 Å². The number of benzene rings is 3. The fourth-order valence-corrected chi connectivity index (χ4v) is 5.39. The monoisotopic (exact) mass is 698 g/mol. The Morgan fingerprint density at radius 1 is 0.467 bits per heavy atom. The third kappa shape index (κ3) is 9.56. The van der Waals surface area contributed by atoms with Gasteiger partial charge in [-0.15, -0.1) is 10.2 Å². The molecule has 0 unspecified atom stereocenters. The zero-order chi connectivity index (χ0) is 30.3. The maximum absolute atomic E-state index is 11.5. The average molecular weight is 699 g/mol. The molecule has 45 heavy (non-hydrogen) atoms. The Bertz CT molecular complexity index is 2150. The Morgan fingerprint density at radius 2 is 0.867 bits per heavy atom. The van der Waals surface area contributed by atoms with Crippen molar-refractivity contribution in [1.29, 1.82) is 0 Å². The minimum atomic E-state index is -4.46. The van der Waals surface area contributed by atoms with E-state index in [4.69, 9.17) is 0 Å². The van der Waals surface area contributed by atoms with E-state index < -0.39 is 30.4 Å². The summed E-state index contributed by atoms with van der Waals surface area (Å²) in [6.45, 7) is 0. The Morgan fingerprint density at radius 3 is 1.29 bits per heavy atom. The molecule has 19 heteroatoms. The van der Waals surface area contributed by atoms with Crippen molar-refractivity contribution in [1.82, 2.24) is 20.2 Å². The summed E-state index contributed by atoms with van der Waals surface area (Å²) in [6, 6.07) is 19.1. The molecule has 0 saturated heterocycles. The molecule has 0 bridgehead atoms. The number of nitrogens with zero attached hydrogens (tertiary/aromatic N) is 4. The van der Waals surface area contributed by atoms with Crippen LogP contribution < -0.4 is 0 Å². The van der Waals surface area contributed by atoms with E-state index in [2.05, 4.69) is 20.2 Å². The fraction of sp³-hybridized carbons (Fsp3) is 0. The number of aromatic nitrogens is 4. The Hall–Kier alpha value is -1.45. The molecule has 0 aliphatic heterocycles. The molecule has 5 rings (SSSR count). The van der Waals surface area contributed by atoms with Crippen LogP contribution in [-0.2, 0) is 30.4 Å². The van der Waals surface area contributed by atoms with Gasteiger partial charge in [-0.3, -0.25) is 18.6 Å². The van der Waals surface area contributed by atoms with Gasteiger partial charge in [0.25, 0.3) is 30.4 Å². The van der Waals surface area contributed by atoms with Crippen molar-refractivity contribution in [3.63, 3.8) is 0 Å². The van der Waals surface area contributed by atoms with Gasteiger partial charge < -0.3 is 0 Å². The van der Waals surface area contributed by atoms with Crippen LogP contribution >= 0.6 is 0 Å². The number of hydrogen-bond donors (Lipinski definition) is 3. The summed E-state index contributed by atoms with van der Waals surface area (Å²) < 4.78 is 96.7. The molecule has 0 radical (unpaired) electrons. The predicted octanol–water partition coefficient (Wildman–Crippen LogP) is 1.73. The summed E-state index contributed by atoms with van der Waals surface area (Å²) in [5.74, 6) is 0.0681. The second-order valence-electron chi connectivity index (χ2n) is 8.76. The van der Waals surface area contributed by atoms with E-state index in [1.807, 2.05) is 0 Å². The summed E-state index contributed by atoms with van der Waals surface area (Å²) in [4.78, 5) is 7.96. The molecule has 2 aromatic heterocycles.